The quantitative estimate of drug-likeness (QED) is 0.920. The summed E-state index contributed by atoms with van der Waals surface area (Å²) < 4.78 is 0.996. The van der Waals surface area contributed by atoms with Crippen molar-refractivity contribution in [2.75, 3.05) is 13.1 Å². The van der Waals surface area contributed by atoms with Crippen molar-refractivity contribution in [1.82, 2.24) is 9.88 Å². The van der Waals surface area contributed by atoms with Crippen LogP contribution in [-0.2, 0) is 11.3 Å². The molecule has 1 saturated carbocycles. The second-order valence-corrected chi connectivity index (χ2v) is 6.91. The highest BCUT2D eigenvalue weighted by molar-refractivity contribution is 9.10. The Bertz CT molecular complexity index is 516. The van der Waals surface area contributed by atoms with Crippen LogP contribution in [0.2, 0.25) is 0 Å². The van der Waals surface area contributed by atoms with Crippen molar-refractivity contribution in [3.63, 3.8) is 0 Å². The number of aliphatic carboxylic acids is 1. The van der Waals surface area contributed by atoms with Gasteiger partial charge in [-0.05, 0) is 58.8 Å². The lowest BCUT2D eigenvalue weighted by Crippen LogP contribution is -2.53. The van der Waals surface area contributed by atoms with Crippen LogP contribution in [-0.4, -0.2) is 34.0 Å². The molecule has 1 aliphatic heterocycles. The maximum Gasteiger partial charge on any atom is 0.308 e. The zero-order chi connectivity index (χ0) is 14.2. The van der Waals surface area contributed by atoms with E-state index in [0.29, 0.717) is 6.54 Å². The maximum absolute atomic E-state index is 11.6. The summed E-state index contributed by atoms with van der Waals surface area (Å²) in [6, 6.07) is 1.99. The van der Waals surface area contributed by atoms with Gasteiger partial charge >= 0.3 is 5.97 Å². The molecule has 1 N–H and O–H groups in total. The molecule has 108 valence electrons. The van der Waals surface area contributed by atoms with Gasteiger partial charge in [-0.2, -0.15) is 0 Å². The molecule has 0 radical (unpaired) electrons. The smallest absolute Gasteiger partial charge is 0.308 e. The van der Waals surface area contributed by atoms with Gasteiger partial charge in [0, 0.05) is 30.0 Å². The first-order valence-electron chi connectivity index (χ1n) is 7.14. The van der Waals surface area contributed by atoms with E-state index in [2.05, 4.69) is 25.8 Å². The molecule has 1 unspecified atom stereocenters. The molecule has 2 fully saturated rings. The Morgan fingerprint density at radius 2 is 2.30 bits per heavy atom. The zero-order valence-electron chi connectivity index (χ0n) is 11.4. The van der Waals surface area contributed by atoms with Crippen LogP contribution in [0.15, 0.2) is 22.9 Å². The van der Waals surface area contributed by atoms with Crippen LogP contribution in [0.3, 0.4) is 0 Å². The fraction of sp³-hybridized carbons (Fsp3) is 0.600. The van der Waals surface area contributed by atoms with Gasteiger partial charge in [0.05, 0.1) is 5.92 Å². The van der Waals surface area contributed by atoms with Gasteiger partial charge in [-0.25, -0.2) is 0 Å². The molecule has 1 saturated heterocycles. The van der Waals surface area contributed by atoms with E-state index in [1.165, 1.54) is 12.0 Å². The predicted molar refractivity (Wildman–Crippen MR) is 79.2 cm³/mol. The Hall–Kier alpha value is -0.940. The molecule has 0 amide bonds. The summed E-state index contributed by atoms with van der Waals surface area (Å²) in [6.45, 7) is 2.46. The van der Waals surface area contributed by atoms with Crippen LogP contribution in [0.1, 0.15) is 31.2 Å². The van der Waals surface area contributed by atoms with Crippen LogP contribution in [0, 0.1) is 11.3 Å². The molecule has 0 bridgehead atoms. The zero-order valence-corrected chi connectivity index (χ0v) is 13.0. The summed E-state index contributed by atoms with van der Waals surface area (Å²) in [6.07, 6.45) is 7.98. The second kappa shape index (κ2) is 5.45. The third-order valence-corrected chi connectivity index (χ3v) is 5.72. The van der Waals surface area contributed by atoms with Gasteiger partial charge in [-0.15, -0.1) is 0 Å². The van der Waals surface area contributed by atoms with Crippen molar-refractivity contribution in [2.45, 2.75) is 32.2 Å². The third kappa shape index (κ3) is 2.49. The molecule has 5 heteroatoms. The minimum Gasteiger partial charge on any atom is -0.481 e. The largest absolute Gasteiger partial charge is 0.481 e. The summed E-state index contributed by atoms with van der Waals surface area (Å²) in [7, 11) is 0. The summed E-state index contributed by atoms with van der Waals surface area (Å²) in [5.41, 5.74) is 1.27. The van der Waals surface area contributed by atoms with Gasteiger partial charge in [-0.1, -0.05) is 6.42 Å². The molecular weight excluding hydrogens is 320 g/mol. The molecule has 20 heavy (non-hydrogen) atoms. The van der Waals surface area contributed by atoms with Crippen molar-refractivity contribution in [2.24, 2.45) is 11.3 Å². The minimum atomic E-state index is -0.622. The van der Waals surface area contributed by atoms with Gasteiger partial charge in [0.15, 0.2) is 0 Å². The molecule has 2 heterocycles. The van der Waals surface area contributed by atoms with Crippen molar-refractivity contribution >= 4 is 21.9 Å². The SMILES string of the molecule is O=C(O)C1CN(Cc2ccncc2Br)CCC12CCC2. The van der Waals surface area contributed by atoms with Crippen LogP contribution in [0.5, 0.6) is 0 Å². The van der Waals surface area contributed by atoms with Crippen molar-refractivity contribution in [1.29, 1.82) is 0 Å². The Labute approximate surface area is 127 Å². The number of hydrogen-bond donors (Lipinski definition) is 1. The lowest BCUT2D eigenvalue weighted by molar-refractivity contribution is -0.155. The standard InChI is InChI=1S/C15H19BrN2O2/c16-13-8-17-6-2-11(13)9-18-7-5-15(3-1-4-15)12(10-18)14(19)20/h2,6,8,12H,1,3-5,7,9-10H2,(H,19,20). The molecule has 4 nitrogen and oxygen atoms in total. The summed E-state index contributed by atoms with van der Waals surface area (Å²) in [5, 5.41) is 9.53. The second-order valence-electron chi connectivity index (χ2n) is 6.06. The predicted octanol–water partition coefficient (Wildman–Crippen LogP) is 2.92. The number of pyridine rings is 1. The van der Waals surface area contributed by atoms with Crippen molar-refractivity contribution < 1.29 is 9.90 Å². The number of carbonyl (C=O) groups is 1. The first-order chi connectivity index (χ1) is 9.61. The average molecular weight is 339 g/mol. The van der Waals surface area contributed by atoms with E-state index in [0.717, 1.165) is 36.8 Å². The Morgan fingerprint density at radius 3 is 2.90 bits per heavy atom. The molecule has 1 aliphatic carbocycles. The van der Waals surface area contributed by atoms with Crippen LogP contribution in [0.4, 0.5) is 0 Å². The number of carboxylic acids is 1. The maximum atomic E-state index is 11.6. The number of rotatable bonds is 3. The van der Waals surface area contributed by atoms with Gasteiger partial charge in [-0.3, -0.25) is 14.7 Å². The number of carboxylic acid groups (broad SMARTS) is 1. The number of piperidine rings is 1. The highest BCUT2D eigenvalue weighted by Gasteiger charge is 2.50. The summed E-state index contributed by atoms with van der Waals surface area (Å²) >= 11 is 3.51. The Balaban J connectivity index is 1.71. The monoisotopic (exact) mass is 338 g/mol. The van der Waals surface area contributed by atoms with Crippen LogP contribution in [0.25, 0.3) is 0 Å². The fourth-order valence-electron chi connectivity index (χ4n) is 3.58. The first kappa shape index (κ1) is 14.0. The van der Waals surface area contributed by atoms with E-state index in [-0.39, 0.29) is 11.3 Å². The van der Waals surface area contributed by atoms with Crippen LogP contribution >= 0.6 is 15.9 Å². The third-order valence-electron chi connectivity index (χ3n) is 5.00. The summed E-state index contributed by atoms with van der Waals surface area (Å²) in [5.74, 6) is -0.825. The van der Waals surface area contributed by atoms with Gasteiger partial charge in [0.1, 0.15) is 0 Å². The molecule has 1 aromatic heterocycles. The lowest BCUT2D eigenvalue weighted by atomic mass is 9.57. The van der Waals surface area contributed by atoms with Crippen molar-refractivity contribution in [3.05, 3.63) is 28.5 Å². The molecule has 1 aromatic rings. The lowest BCUT2D eigenvalue weighted by Gasteiger charge is -2.51. The van der Waals surface area contributed by atoms with Gasteiger partial charge in [0.25, 0.3) is 0 Å². The minimum absolute atomic E-state index is 0.0950. The molecule has 2 aliphatic rings. The topological polar surface area (TPSA) is 53.4 Å². The Morgan fingerprint density at radius 1 is 1.50 bits per heavy atom. The van der Waals surface area contributed by atoms with E-state index >= 15 is 0 Å². The normalized spacial score (nSPS) is 25.4. The van der Waals surface area contributed by atoms with Crippen LogP contribution < -0.4 is 0 Å². The highest BCUT2D eigenvalue weighted by Crippen LogP contribution is 2.52. The number of halogens is 1. The number of aromatic nitrogens is 1. The Kier molecular flexibility index (Phi) is 3.82. The first-order valence-corrected chi connectivity index (χ1v) is 7.94. The average Bonchev–Trinajstić information content (AvgIpc) is 2.39. The van der Waals surface area contributed by atoms with E-state index < -0.39 is 5.97 Å². The molecular formula is C15H19BrN2O2. The van der Waals surface area contributed by atoms with Gasteiger partial charge < -0.3 is 5.11 Å². The number of likely N-dealkylation sites (tertiary alicyclic amines) is 1. The highest BCUT2D eigenvalue weighted by atomic mass is 79.9. The van der Waals surface area contributed by atoms with E-state index in [4.69, 9.17) is 0 Å². The van der Waals surface area contributed by atoms with E-state index in [1.807, 2.05) is 6.07 Å². The number of nitrogens with zero attached hydrogens (tertiary/aromatic N) is 2. The summed E-state index contributed by atoms with van der Waals surface area (Å²) in [4.78, 5) is 17.9. The molecule has 0 aromatic carbocycles. The molecule has 1 atom stereocenters. The van der Waals surface area contributed by atoms with Gasteiger partial charge in [0.2, 0.25) is 0 Å². The number of hydrogen-bond acceptors (Lipinski definition) is 3. The van der Waals surface area contributed by atoms with E-state index in [1.54, 1.807) is 12.4 Å². The molecule has 1 spiro atoms. The van der Waals surface area contributed by atoms with Crippen molar-refractivity contribution in [3.8, 4) is 0 Å². The fourth-order valence-corrected chi connectivity index (χ4v) is 3.96. The molecule has 3 rings (SSSR count). The van der Waals surface area contributed by atoms with E-state index in [9.17, 15) is 9.90 Å².